The molecule has 6 heteroatoms. The van der Waals surface area contributed by atoms with Crippen molar-refractivity contribution in [3.63, 3.8) is 0 Å². The van der Waals surface area contributed by atoms with E-state index in [0.29, 0.717) is 5.56 Å². The summed E-state index contributed by atoms with van der Waals surface area (Å²) in [6.45, 7) is 4.07. The molecule has 100 valence electrons. The van der Waals surface area contributed by atoms with Crippen LogP contribution in [0.5, 0.6) is 0 Å². The molecule has 1 heterocycles. The van der Waals surface area contributed by atoms with E-state index in [2.05, 4.69) is 17.1 Å². The number of rotatable bonds is 3. The van der Waals surface area contributed by atoms with Gasteiger partial charge in [0.05, 0.1) is 5.69 Å². The van der Waals surface area contributed by atoms with Gasteiger partial charge >= 0.3 is 0 Å². The van der Waals surface area contributed by atoms with Gasteiger partial charge in [-0.2, -0.15) is 0 Å². The number of aromatic nitrogens is 1. The van der Waals surface area contributed by atoms with E-state index in [1.807, 2.05) is 43.1 Å². The fourth-order valence-electron chi connectivity index (χ4n) is 1.62. The summed E-state index contributed by atoms with van der Waals surface area (Å²) in [6, 6.07) is 7.46. The number of anilines is 2. The Balaban J connectivity index is 2.27. The Hall–Kier alpha value is -2.08. The third-order valence-corrected chi connectivity index (χ3v) is 4.11. The molecule has 0 aliphatic carbocycles. The predicted molar refractivity (Wildman–Crippen MR) is 78.6 cm³/mol. The maximum absolute atomic E-state index is 8.62. The summed E-state index contributed by atoms with van der Waals surface area (Å²) in [5.74, 6) is 0.107. The third kappa shape index (κ3) is 2.68. The summed E-state index contributed by atoms with van der Waals surface area (Å²) in [6.07, 6.45) is 0. The molecule has 19 heavy (non-hydrogen) atoms. The van der Waals surface area contributed by atoms with E-state index in [0.717, 1.165) is 16.5 Å². The zero-order valence-electron chi connectivity index (χ0n) is 11.1. The van der Waals surface area contributed by atoms with E-state index in [1.165, 1.54) is 4.88 Å². The monoisotopic (exact) mass is 276 g/mol. The molecule has 1 aromatic carbocycles. The van der Waals surface area contributed by atoms with Crippen LogP contribution in [0.3, 0.4) is 0 Å². The molecule has 0 bridgehead atoms. The third-order valence-electron chi connectivity index (χ3n) is 2.96. The normalized spacial score (nSPS) is 11.6. The van der Waals surface area contributed by atoms with Gasteiger partial charge in [-0.1, -0.05) is 5.16 Å². The molecule has 0 radical (unpaired) electrons. The fraction of sp³-hybridized carbons (Fsp3) is 0.231. The van der Waals surface area contributed by atoms with Gasteiger partial charge in [0.2, 0.25) is 0 Å². The van der Waals surface area contributed by atoms with E-state index in [4.69, 9.17) is 10.9 Å². The smallest absolute Gasteiger partial charge is 0.190 e. The second kappa shape index (κ2) is 5.27. The summed E-state index contributed by atoms with van der Waals surface area (Å²) in [5, 5.41) is 12.5. The van der Waals surface area contributed by atoms with Crippen LogP contribution in [0, 0.1) is 13.8 Å². The van der Waals surface area contributed by atoms with Crippen molar-refractivity contribution >= 4 is 28.0 Å². The number of oxime groups is 1. The Labute approximate surface area is 116 Å². The molecule has 0 atom stereocenters. The minimum atomic E-state index is 0.107. The molecule has 1 aromatic heterocycles. The SMILES string of the molecule is Cc1nc(N(C)c2ccc(C(N)=NO)cc2)sc1C. The van der Waals surface area contributed by atoms with Gasteiger partial charge in [-0.15, -0.1) is 11.3 Å². The number of nitrogens with zero attached hydrogens (tertiary/aromatic N) is 3. The van der Waals surface area contributed by atoms with Crippen molar-refractivity contribution in [3.05, 3.63) is 40.4 Å². The molecule has 0 unspecified atom stereocenters. The number of amidine groups is 1. The molecule has 0 fully saturated rings. The van der Waals surface area contributed by atoms with Crippen LogP contribution in [0.4, 0.5) is 10.8 Å². The summed E-state index contributed by atoms with van der Waals surface area (Å²) in [4.78, 5) is 7.75. The first-order valence-electron chi connectivity index (χ1n) is 5.78. The first-order chi connectivity index (χ1) is 9.02. The van der Waals surface area contributed by atoms with Crippen molar-refractivity contribution < 1.29 is 5.21 Å². The molecular formula is C13H16N4OS. The highest BCUT2D eigenvalue weighted by Crippen LogP contribution is 2.29. The lowest BCUT2D eigenvalue weighted by molar-refractivity contribution is 0.318. The largest absolute Gasteiger partial charge is 0.409 e. The van der Waals surface area contributed by atoms with Crippen LogP contribution < -0.4 is 10.6 Å². The molecule has 0 saturated carbocycles. The quantitative estimate of drug-likeness (QED) is 0.391. The predicted octanol–water partition coefficient (Wildman–Crippen LogP) is 2.62. The van der Waals surface area contributed by atoms with Gasteiger partial charge in [0.25, 0.3) is 0 Å². The highest BCUT2D eigenvalue weighted by Gasteiger charge is 2.10. The maximum atomic E-state index is 8.62. The lowest BCUT2D eigenvalue weighted by atomic mass is 10.2. The highest BCUT2D eigenvalue weighted by atomic mass is 32.1. The molecule has 0 aliphatic rings. The van der Waals surface area contributed by atoms with Gasteiger partial charge in [0.1, 0.15) is 0 Å². The van der Waals surface area contributed by atoms with E-state index in [1.54, 1.807) is 11.3 Å². The van der Waals surface area contributed by atoms with Gasteiger partial charge in [-0.25, -0.2) is 4.98 Å². The summed E-state index contributed by atoms with van der Waals surface area (Å²) in [7, 11) is 1.97. The molecular weight excluding hydrogens is 260 g/mol. The number of thiazole rings is 1. The number of benzene rings is 1. The van der Waals surface area contributed by atoms with E-state index >= 15 is 0 Å². The Morgan fingerprint density at radius 3 is 2.42 bits per heavy atom. The molecule has 5 nitrogen and oxygen atoms in total. The van der Waals surface area contributed by atoms with Gasteiger partial charge < -0.3 is 15.8 Å². The summed E-state index contributed by atoms with van der Waals surface area (Å²) in [5.41, 5.74) is 8.28. The Kier molecular flexibility index (Phi) is 3.71. The first-order valence-corrected chi connectivity index (χ1v) is 6.60. The standard InChI is InChI=1S/C13H16N4OS/c1-8-9(2)19-13(15-8)17(3)11-6-4-10(5-7-11)12(14)16-18/h4-7,18H,1-3H3,(H2,14,16). The fourth-order valence-corrected chi connectivity index (χ4v) is 2.52. The number of hydrogen-bond donors (Lipinski definition) is 2. The van der Waals surface area contributed by atoms with Crippen molar-refractivity contribution in [1.82, 2.24) is 4.98 Å². The molecule has 3 N–H and O–H groups in total. The van der Waals surface area contributed by atoms with Crippen LogP contribution in [0.2, 0.25) is 0 Å². The van der Waals surface area contributed by atoms with Crippen molar-refractivity contribution in [3.8, 4) is 0 Å². The molecule has 2 rings (SSSR count). The van der Waals surface area contributed by atoms with E-state index in [-0.39, 0.29) is 5.84 Å². The van der Waals surface area contributed by atoms with Crippen LogP contribution in [0.25, 0.3) is 0 Å². The van der Waals surface area contributed by atoms with Gasteiger partial charge in [0.15, 0.2) is 11.0 Å². The second-order valence-corrected chi connectivity index (χ2v) is 5.41. The van der Waals surface area contributed by atoms with Crippen molar-refractivity contribution in [1.29, 1.82) is 0 Å². The lowest BCUT2D eigenvalue weighted by Crippen LogP contribution is -2.14. The topological polar surface area (TPSA) is 74.7 Å². The van der Waals surface area contributed by atoms with Crippen molar-refractivity contribution in [2.75, 3.05) is 11.9 Å². The Morgan fingerprint density at radius 1 is 1.32 bits per heavy atom. The van der Waals surface area contributed by atoms with Crippen LogP contribution in [0.1, 0.15) is 16.1 Å². The zero-order valence-corrected chi connectivity index (χ0v) is 11.9. The summed E-state index contributed by atoms with van der Waals surface area (Å²) >= 11 is 1.66. The number of nitrogens with two attached hydrogens (primary N) is 1. The van der Waals surface area contributed by atoms with E-state index < -0.39 is 0 Å². The first kappa shape index (κ1) is 13.4. The molecule has 0 amide bonds. The molecule has 0 aliphatic heterocycles. The summed E-state index contributed by atoms with van der Waals surface area (Å²) < 4.78 is 0. The average Bonchev–Trinajstić information content (AvgIpc) is 2.77. The van der Waals surface area contributed by atoms with Gasteiger partial charge in [-0.3, -0.25) is 0 Å². The van der Waals surface area contributed by atoms with E-state index in [9.17, 15) is 0 Å². The number of aryl methyl sites for hydroxylation is 2. The number of hydrogen-bond acceptors (Lipinski definition) is 5. The Morgan fingerprint density at radius 2 is 1.95 bits per heavy atom. The van der Waals surface area contributed by atoms with Crippen molar-refractivity contribution in [2.45, 2.75) is 13.8 Å². The van der Waals surface area contributed by atoms with Gasteiger partial charge in [-0.05, 0) is 38.1 Å². The minimum absolute atomic E-state index is 0.107. The van der Waals surface area contributed by atoms with Crippen LogP contribution in [-0.2, 0) is 0 Å². The average molecular weight is 276 g/mol. The molecule has 2 aromatic rings. The second-order valence-electron chi connectivity index (χ2n) is 4.23. The maximum Gasteiger partial charge on any atom is 0.190 e. The van der Waals surface area contributed by atoms with Crippen molar-refractivity contribution in [2.24, 2.45) is 10.9 Å². The zero-order chi connectivity index (χ0) is 14.0. The Bertz CT molecular complexity index is 584. The van der Waals surface area contributed by atoms with Crippen LogP contribution in [0.15, 0.2) is 29.4 Å². The van der Waals surface area contributed by atoms with Crippen LogP contribution in [-0.4, -0.2) is 23.1 Å². The minimum Gasteiger partial charge on any atom is -0.409 e. The van der Waals surface area contributed by atoms with Gasteiger partial charge in [0, 0.05) is 23.2 Å². The molecule has 0 saturated heterocycles. The van der Waals surface area contributed by atoms with Crippen LogP contribution >= 0.6 is 11.3 Å². The molecule has 0 spiro atoms. The highest BCUT2D eigenvalue weighted by molar-refractivity contribution is 7.15. The lowest BCUT2D eigenvalue weighted by Gasteiger charge is -2.16.